The fourth-order valence-corrected chi connectivity index (χ4v) is 1.45. The third kappa shape index (κ3) is 7.88. The normalized spacial score (nSPS) is 13.3. The molecule has 21 heavy (non-hydrogen) atoms. The molecule has 0 aliphatic heterocycles. The van der Waals surface area contributed by atoms with Crippen LogP contribution < -0.4 is 16.4 Å². The van der Waals surface area contributed by atoms with Gasteiger partial charge in [-0.3, -0.25) is 14.4 Å². The van der Waals surface area contributed by atoms with Crippen molar-refractivity contribution in [3.63, 3.8) is 0 Å². The molecule has 0 heterocycles. The van der Waals surface area contributed by atoms with Crippen molar-refractivity contribution in [2.75, 3.05) is 6.54 Å². The van der Waals surface area contributed by atoms with Crippen LogP contribution in [-0.2, 0) is 19.2 Å². The molecule has 0 aromatic heterocycles. The first-order valence-electron chi connectivity index (χ1n) is 6.42. The van der Waals surface area contributed by atoms with Crippen molar-refractivity contribution in [3.8, 4) is 0 Å². The first-order valence-corrected chi connectivity index (χ1v) is 6.42. The molecule has 6 N–H and O–H groups in total. The van der Waals surface area contributed by atoms with Crippen LogP contribution in [0.3, 0.4) is 0 Å². The molecule has 0 bridgehead atoms. The molecule has 2 atom stereocenters. The van der Waals surface area contributed by atoms with E-state index in [0.717, 1.165) is 0 Å². The zero-order valence-corrected chi connectivity index (χ0v) is 12.0. The molecular weight excluding hydrogens is 282 g/mol. The van der Waals surface area contributed by atoms with Gasteiger partial charge in [0.2, 0.25) is 11.8 Å². The number of carbonyl (C=O) groups is 4. The van der Waals surface area contributed by atoms with Gasteiger partial charge in [-0.2, -0.15) is 0 Å². The molecule has 9 heteroatoms. The highest BCUT2D eigenvalue weighted by Gasteiger charge is 2.23. The molecule has 0 saturated heterocycles. The van der Waals surface area contributed by atoms with Gasteiger partial charge in [-0.1, -0.05) is 13.8 Å². The third-order valence-corrected chi connectivity index (χ3v) is 2.68. The minimum atomic E-state index is -1.16. The Balaban J connectivity index is 4.20. The predicted octanol–water partition coefficient (Wildman–Crippen LogP) is -1.48. The average Bonchev–Trinajstić information content (AvgIpc) is 2.38. The van der Waals surface area contributed by atoms with Crippen LogP contribution in [0.1, 0.15) is 26.7 Å². The van der Waals surface area contributed by atoms with Crippen molar-refractivity contribution in [2.24, 2.45) is 11.7 Å². The Kier molecular flexibility index (Phi) is 7.99. The second-order valence-corrected chi connectivity index (χ2v) is 4.88. The number of nitrogens with two attached hydrogens (primary N) is 1. The van der Waals surface area contributed by atoms with Crippen LogP contribution in [0.2, 0.25) is 0 Å². The second kappa shape index (κ2) is 8.90. The van der Waals surface area contributed by atoms with E-state index in [9.17, 15) is 19.2 Å². The van der Waals surface area contributed by atoms with Gasteiger partial charge in [0.05, 0.1) is 12.6 Å². The van der Waals surface area contributed by atoms with E-state index in [2.05, 4.69) is 10.6 Å². The smallest absolute Gasteiger partial charge is 0.326 e. The lowest BCUT2D eigenvalue weighted by atomic mass is 10.0. The van der Waals surface area contributed by atoms with E-state index in [4.69, 9.17) is 15.9 Å². The Morgan fingerprint density at radius 2 is 1.71 bits per heavy atom. The van der Waals surface area contributed by atoms with E-state index >= 15 is 0 Å². The topological polar surface area (TPSA) is 159 Å². The molecule has 2 amide bonds. The largest absolute Gasteiger partial charge is 0.481 e. The summed E-state index contributed by atoms with van der Waals surface area (Å²) >= 11 is 0. The Bertz CT molecular complexity index is 410. The number of aliphatic carboxylic acids is 2. The van der Waals surface area contributed by atoms with Crippen LogP contribution >= 0.6 is 0 Å². The summed E-state index contributed by atoms with van der Waals surface area (Å²) in [6, 6.07) is -2.08. The molecule has 0 saturated carbocycles. The number of nitrogens with one attached hydrogen (secondary N) is 2. The van der Waals surface area contributed by atoms with Gasteiger partial charge in [-0.05, 0) is 12.3 Å². The van der Waals surface area contributed by atoms with Gasteiger partial charge in [0.15, 0.2) is 0 Å². The summed E-state index contributed by atoms with van der Waals surface area (Å²) in [6.07, 6.45) is -0.304. The Labute approximate surface area is 121 Å². The summed E-state index contributed by atoms with van der Waals surface area (Å²) in [4.78, 5) is 44.2. The predicted molar refractivity (Wildman–Crippen MR) is 72.3 cm³/mol. The van der Waals surface area contributed by atoms with Crippen molar-refractivity contribution in [2.45, 2.75) is 38.8 Å². The Morgan fingerprint density at radius 1 is 1.14 bits per heavy atom. The fourth-order valence-electron chi connectivity index (χ4n) is 1.45. The lowest BCUT2D eigenvalue weighted by Crippen LogP contribution is -2.50. The van der Waals surface area contributed by atoms with Crippen LogP contribution in [0.15, 0.2) is 0 Å². The number of hydrogen-bond acceptors (Lipinski definition) is 5. The van der Waals surface area contributed by atoms with Gasteiger partial charge < -0.3 is 26.6 Å². The monoisotopic (exact) mass is 303 g/mol. The van der Waals surface area contributed by atoms with Crippen molar-refractivity contribution < 1.29 is 29.4 Å². The molecule has 120 valence electrons. The maximum absolute atomic E-state index is 11.5. The van der Waals surface area contributed by atoms with Crippen molar-refractivity contribution in [1.82, 2.24) is 10.6 Å². The molecule has 0 fully saturated rings. The third-order valence-electron chi connectivity index (χ3n) is 2.68. The van der Waals surface area contributed by atoms with Gasteiger partial charge in [-0.25, -0.2) is 4.79 Å². The summed E-state index contributed by atoms with van der Waals surface area (Å²) in [6.45, 7) is 2.86. The molecule has 0 aliphatic carbocycles. The number of hydrogen-bond donors (Lipinski definition) is 5. The lowest BCUT2D eigenvalue weighted by molar-refractivity contribution is -0.143. The standard InChI is InChI=1S/C12H21N3O6/c1-6(2)10(12(20)21)15-8(16)5-14-11(19)7(13)3-4-9(17)18/h6-7,10H,3-5,13H2,1-2H3,(H,14,19)(H,15,16)(H,17,18)(H,20,21)/t7-,10-/m0/s1. The summed E-state index contributed by atoms with van der Waals surface area (Å²) < 4.78 is 0. The highest BCUT2D eigenvalue weighted by atomic mass is 16.4. The molecule has 0 radical (unpaired) electrons. The summed E-state index contributed by atoms with van der Waals surface area (Å²) in [5, 5.41) is 21.9. The zero-order chi connectivity index (χ0) is 16.6. The molecule has 0 aromatic rings. The minimum Gasteiger partial charge on any atom is -0.481 e. The quantitative estimate of drug-likeness (QED) is 0.347. The lowest BCUT2D eigenvalue weighted by Gasteiger charge is -2.18. The molecule has 0 aromatic carbocycles. The maximum Gasteiger partial charge on any atom is 0.326 e. The van der Waals surface area contributed by atoms with Crippen molar-refractivity contribution in [3.05, 3.63) is 0 Å². The van der Waals surface area contributed by atoms with E-state index in [-0.39, 0.29) is 18.8 Å². The molecular formula is C12H21N3O6. The molecule has 0 rings (SSSR count). The first kappa shape index (κ1) is 18.8. The highest BCUT2D eigenvalue weighted by molar-refractivity contribution is 5.89. The Hall–Kier alpha value is -2.16. The van der Waals surface area contributed by atoms with Gasteiger partial charge in [0.1, 0.15) is 6.04 Å². The summed E-state index contributed by atoms with van der Waals surface area (Å²) in [5.74, 6) is -3.86. The first-order chi connectivity index (χ1) is 9.65. The number of carboxylic acids is 2. The summed E-state index contributed by atoms with van der Waals surface area (Å²) in [7, 11) is 0. The fraction of sp³-hybridized carbons (Fsp3) is 0.667. The van der Waals surface area contributed by atoms with E-state index in [1.165, 1.54) is 0 Å². The van der Waals surface area contributed by atoms with Gasteiger partial charge in [0, 0.05) is 6.42 Å². The van der Waals surface area contributed by atoms with E-state index in [0.29, 0.717) is 0 Å². The van der Waals surface area contributed by atoms with Crippen LogP contribution in [0, 0.1) is 5.92 Å². The van der Waals surface area contributed by atoms with Gasteiger partial charge in [0.25, 0.3) is 0 Å². The van der Waals surface area contributed by atoms with Gasteiger partial charge >= 0.3 is 11.9 Å². The number of carboxylic acid groups (broad SMARTS) is 2. The number of rotatable bonds is 9. The number of amides is 2. The second-order valence-electron chi connectivity index (χ2n) is 4.88. The van der Waals surface area contributed by atoms with Crippen LogP contribution in [0.4, 0.5) is 0 Å². The van der Waals surface area contributed by atoms with Crippen molar-refractivity contribution in [1.29, 1.82) is 0 Å². The maximum atomic E-state index is 11.5. The summed E-state index contributed by atoms with van der Waals surface area (Å²) in [5.41, 5.74) is 5.45. The SMILES string of the molecule is CC(C)[C@H](NC(=O)CNC(=O)[C@@H](N)CCC(=O)O)C(=O)O. The van der Waals surface area contributed by atoms with E-state index < -0.39 is 42.4 Å². The van der Waals surface area contributed by atoms with Crippen LogP contribution in [0.5, 0.6) is 0 Å². The van der Waals surface area contributed by atoms with Gasteiger partial charge in [-0.15, -0.1) is 0 Å². The number of carbonyl (C=O) groups excluding carboxylic acids is 2. The molecule has 0 aliphatic rings. The van der Waals surface area contributed by atoms with Crippen LogP contribution in [-0.4, -0.2) is 52.6 Å². The molecule has 0 spiro atoms. The van der Waals surface area contributed by atoms with E-state index in [1.54, 1.807) is 13.8 Å². The van der Waals surface area contributed by atoms with Crippen molar-refractivity contribution >= 4 is 23.8 Å². The molecule has 0 unspecified atom stereocenters. The average molecular weight is 303 g/mol. The minimum absolute atomic E-state index is 0.0491. The molecule has 9 nitrogen and oxygen atoms in total. The van der Waals surface area contributed by atoms with Crippen LogP contribution in [0.25, 0.3) is 0 Å². The zero-order valence-electron chi connectivity index (χ0n) is 12.0. The van der Waals surface area contributed by atoms with E-state index in [1.807, 2.05) is 0 Å². The Morgan fingerprint density at radius 3 is 2.14 bits per heavy atom. The highest BCUT2D eigenvalue weighted by Crippen LogP contribution is 2.01.